The molecule has 4 atom stereocenters. The molecule has 1 aromatic rings. The van der Waals surface area contributed by atoms with Crippen molar-refractivity contribution < 1.29 is 39.4 Å². The zero-order chi connectivity index (χ0) is 17.0. The highest BCUT2D eigenvalue weighted by Crippen LogP contribution is 2.26. The Labute approximate surface area is 132 Å². The fraction of sp³-hybridized carbons (Fsp3) is 0.400. The summed E-state index contributed by atoms with van der Waals surface area (Å²) in [7, 11) is 1.41. The summed E-state index contributed by atoms with van der Waals surface area (Å²) in [6.45, 7) is -0.308. The number of ether oxygens (including phenoxy) is 3. The monoisotopic (exact) mass is 326 g/mol. The predicted octanol–water partition coefficient (Wildman–Crippen LogP) is -0.604. The Bertz CT molecular complexity index is 585. The molecule has 8 nitrogen and oxygen atoms in total. The number of rotatable bonds is 5. The molecule has 2 rings (SSSR count). The third-order valence-electron chi connectivity index (χ3n) is 3.34. The Morgan fingerprint density at radius 3 is 2.65 bits per heavy atom. The van der Waals surface area contributed by atoms with E-state index in [1.54, 1.807) is 6.07 Å². The zero-order valence-corrected chi connectivity index (χ0v) is 12.3. The van der Waals surface area contributed by atoms with Gasteiger partial charge in [0.15, 0.2) is 17.8 Å². The Hall–Kier alpha value is -2.13. The van der Waals surface area contributed by atoms with E-state index in [1.165, 1.54) is 25.3 Å². The summed E-state index contributed by atoms with van der Waals surface area (Å²) >= 11 is 0. The van der Waals surface area contributed by atoms with E-state index in [2.05, 4.69) is 0 Å². The van der Waals surface area contributed by atoms with Crippen molar-refractivity contribution in [3.8, 4) is 11.5 Å². The standard InChI is InChI=1S/C15H18O8/c1-21-10-6-8(2-4-9(10)16)3-5-12(17)22-7-11-13(18)14(19)15(20)23-11/h2-6,11,13-16,18-20H,7H2,1H3/b5-3+/t11-,13-,14+,15?/m1/s1. The lowest BCUT2D eigenvalue weighted by Gasteiger charge is -2.13. The normalized spacial score (nSPS) is 27.3. The van der Waals surface area contributed by atoms with Gasteiger partial charge in [-0.2, -0.15) is 0 Å². The molecule has 1 unspecified atom stereocenters. The lowest BCUT2D eigenvalue weighted by molar-refractivity contribution is -0.153. The van der Waals surface area contributed by atoms with E-state index < -0.39 is 30.6 Å². The van der Waals surface area contributed by atoms with Gasteiger partial charge in [-0.15, -0.1) is 0 Å². The van der Waals surface area contributed by atoms with Gasteiger partial charge >= 0.3 is 5.97 Å². The van der Waals surface area contributed by atoms with Crippen molar-refractivity contribution in [2.45, 2.75) is 24.6 Å². The van der Waals surface area contributed by atoms with Gasteiger partial charge in [0.05, 0.1) is 7.11 Å². The molecule has 0 bridgehead atoms. The molecule has 1 aromatic carbocycles. The first-order valence-electron chi connectivity index (χ1n) is 6.84. The van der Waals surface area contributed by atoms with Gasteiger partial charge in [-0.1, -0.05) is 6.07 Å². The first-order valence-corrected chi connectivity index (χ1v) is 6.84. The molecule has 0 amide bonds. The molecule has 1 heterocycles. The van der Waals surface area contributed by atoms with Crippen LogP contribution in [-0.4, -0.2) is 64.7 Å². The topological polar surface area (TPSA) is 126 Å². The number of carbonyl (C=O) groups is 1. The third-order valence-corrected chi connectivity index (χ3v) is 3.34. The van der Waals surface area contributed by atoms with Crippen LogP contribution in [0.15, 0.2) is 24.3 Å². The largest absolute Gasteiger partial charge is 0.504 e. The number of benzene rings is 1. The summed E-state index contributed by atoms with van der Waals surface area (Å²) in [5.41, 5.74) is 0.611. The molecule has 1 aliphatic heterocycles. The number of carbonyl (C=O) groups excluding carboxylic acids is 1. The highest BCUT2D eigenvalue weighted by atomic mass is 16.7. The second kappa shape index (κ2) is 7.42. The second-order valence-electron chi connectivity index (χ2n) is 4.94. The van der Waals surface area contributed by atoms with Gasteiger partial charge in [-0.3, -0.25) is 0 Å². The van der Waals surface area contributed by atoms with Gasteiger partial charge in [0.25, 0.3) is 0 Å². The molecule has 8 heteroatoms. The van der Waals surface area contributed by atoms with Crippen molar-refractivity contribution in [3.63, 3.8) is 0 Å². The molecule has 4 N–H and O–H groups in total. The maximum Gasteiger partial charge on any atom is 0.330 e. The highest BCUT2D eigenvalue weighted by Gasteiger charge is 2.42. The number of aliphatic hydroxyl groups is 3. The molecule has 0 spiro atoms. The summed E-state index contributed by atoms with van der Waals surface area (Å²) in [5.74, 6) is -0.439. The van der Waals surface area contributed by atoms with Crippen molar-refractivity contribution >= 4 is 12.0 Å². The maximum absolute atomic E-state index is 11.6. The quantitative estimate of drug-likeness (QED) is 0.417. The molecular formula is C15H18O8. The van der Waals surface area contributed by atoms with Gasteiger partial charge in [0, 0.05) is 6.08 Å². The van der Waals surface area contributed by atoms with Crippen LogP contribution in [0.3, 0.4) is 0 Å². The second-order valence-corrected chi connectivity index (χ2v) is 4.94. The van der Waals surface area contributed by atoms with Crippen molar-refractivity contribution in [1.82, 2.24) is 0 Å². The summed E-state index contributed by atoms with van der Waals surface area (Å²) in [5, 5.41) is 37.5. The number of aliphatic hydroxyl groups excluding tert-OH is 3. The van der Waals surface area contributed by atoms with Crippen LogP contribution in [0.4, 0.5) is 0 Å². The minimum absolute atomic E-state index is 0.0169. The van der Waals surface area contributed by atoms with Crippen LogP contribution < -0.4 is 4.74 Å². The number of hydrogen-bond donors (Lipinski definition) is 4. The molecule has 0 aliphatic carbocycles. The average Bonchev–Trinajstić information content (AvgIpc) is 2.79. The Morgan fingerprint density at radius 2 is 2.04 bits per heavy atom. The number of phenolic OH excluding ortho intramolecular Hbond substituents is 1. The minimum atomic E-state index is -1.51. The van der Waals surface area contributed by atoms with Crippen LogP contribution in [0.25, 0.3) is 6.08 Å². The molecule has 1 fully saturated rings. The Kier molecular flexibility index (Phi) is 5.56. The number of esters is 1. The molecule has 1 saturated heterocycles. The van der Waals surface area contributed by atoms with Crippen molar-refractivity contribution in [3.05, 3.63) is 29.8 Å². The molecule has 0 aromatic heterocycles. The van der Waals surface area contributed by atoms with Crippen LogP contribution in [0, 0.1) is 0 Å². The lowest BCUT2D eigenvalue weighted by Crippen LogP contribution is -2.34. The van der Waals surface area contributed by atoms with E-state index >= 15 is 0 Å². The first kappa shape index (κ1) is 17.2. The minimum Gasteiger partial charge on any atom is -0.504 e. The average molecular weight is 326 g/mol. The number of methoxy groups -OCH3 is 1. The van der Waals surface area contributed by atoms with Gasteiger partial charge < -0.3 is 34.6 Å². The van der Waals surface area contributed by atoms with Crippen LogP contribution in [0.2, 0.25) is 0 Å². The number of phenols is 1. The Balaban J connectivity index is 1.87. The smallest absolute Gasteiger partial charge is 0.330 e. The molecule has 23 heavy (non-hydrogen) atoms. The fourth-order valence-electron chi connectivity index (χ4n) is 2.04. The van der Waals surface area contributed by atoms with Crippen molar-refractivity contribution in [2.24, 2.45) is 0 Å². The van der Waals surface area contributed by atoms with Gasteiger partial charge in [0.1, 0.15) is 24.9 Å². The van der Waals surface area contributed by atoms with Crippen molar-refractivity contribution in [1.29, 1.82) is 0 Å². The van der Waals surface area contributed by atoms with Gasteiger partial charge in [-0.05, 0) is 23.8 Å². The summed E-state index contributed by atoms with van der Waals surface area (Å²) in [6.07, 6.45) is -2.65. The first-order chi connectivity index (χ1) is 10.9. The van der Waals surface area contributed by atoms with Gasteiger partial charge in [-0.25, -0.2) is 4.79 Å². The van der Waals surface area contributed by atoms with E-state index in [4.69, 9.17) is 14.2 Å². The molecule has 1 aliphatic rings. The summed E-state index contributed by atoms with van der Waals surface area (Å²) in [6, 6.07) is 4.54. The van der Waals surface area contributed by atoms with E-state index in [0.717, 1.165) is 6.08 Å². The molecule has 0 saturated carbocycles. The molecule has 126 valence electrons. The van der Waals surface area contributed by atoms with E-state index in [1.807, 2.05) is 0 Å². The lowest BCUT2D eigenvalue weighted by atomic mass is 10.1. The zero-order valence-electron chi connectivity index (χ0n) is 12.3. The van der Waals surface area contributed by atoms with E-state index in [0.29, 0.717) is 5.56 Å². The number of aromatic hydroxyl groups is 1. The highest BCUT2D eigenvalue weighted by molar-refractivity contribution is 5.87. The summed E-state index contributed by atoms with van der Waals surface area (Å²) in [4.78, 5) is 11.6. The van der Waals surface area contributed by atoms with E-state index in [-0.39, 0.29) is 18.1 Å². The molecule has 0 radical (unpaired) electrons. The van der Waals surface area contributed by atoms with Crippen LogP contribution in [0.1, 0.15) is 5.56 Å². The third kappa shape index (κ3) is 4.20. The SMILES string of the molecule is COc1cc(/C=C/C(=O)OC[C@H]2OC(O)[C@@H](O)[C@@H]2O)ccc1O. The maximum atomic E-state index is 11.6. The van der Waals surface area contributed by atoms with Gasteiger partial charge in [0.2, 0.25) is 0 Å². The Morgan fingerprint density at radius 1 is 1.30 bits per heavy atom. The van der Waals surface area contributed by atoms with Crippen LogP contribution in [-0.2, 0) is 14.3 Å². The van der Waals surface area contributed by atoms with Crippen LogP contribution in [0.5, 0.6) is 11.5 Å². The van der Waals surface area contributed by atoms with E-state index in [9.17, 15) is 25.2 Å². The predicted molar refractivity (Wildman–Crippen MR) is 77.5 cm³/mol. The van der Waals surface area contributed by atoms with Crippen molar-refractivity contribution in [2.75, 3.05) is 13.7 Å². The number of hydrogen-bond acceptors (Lipinski definition) is 8. The molecular weight excluding hydrogens is 308 g/mol. The summed E-state index contributed by atoms with van der Waals surface area (Å²) < 4.78 is 14.7. The fourth-order valence-corrected chi connectivity index (χ4v) is 2.04. The van der Waals surface area contributed by atoms with Crippen LogP contribution >= 0.6 is 0 Å².